The number of carbonyl (C=O) groups excluding carboxylic acids is 1. The molecule has 1 aliphatic heterocycles. The first-order valence-electron chi connectivity index (χ1n) is 11.0. The highest BCUT2D eigenvalue weighted by Crippen LogP contribution is 2.30. The van der Waals surface area contributed by atoms with Gasteiger partial charge in [0.15, 0.2) is 5.13 Å². The number of thiazole rings is 1. The van der Waals surface area contributed by atoms with Gasteiger partial charge >= 0.3 is 0 Å². The number of amides is 1. The van der Waals surface area contributed by atoms with Crippen LogP contribution in [0.1, 0.15) is 56.0 Å². The molecule has 6 nitrogen and oxygen atoms in total. The highest BCUT2D eigenvalue weighted by molar-refractivity contribution is 7.89. The third kappa shape index (κ3) is 4.72. The summed E-state index contributed by atoms with van der Waals surface area (Å²) in [6, 6.07) is 12.3. The number of anilines is 1. The van der Waals surface area contributed by atoms with E-state index >= 15 is 0 Å². The van der Waals surface area contributed by atoms with Crippen molar-refractivity contribution in [1.82, 2.24) is 9.29 Å². The van der Waals surface area contributed by atoms with Crippen LogP contribution in [0.4, 0.5) is 5.13 Å². The molecule has 1 fully saturated rings. The van der Waals surface area contributed by atoms with Crippen LogP contribution in [0.15, 0.2) is 47.4 Å². The van der Waals surface area contributed by atoms with Gasteiger partial charge in [0.05, 0.1) is 15.1 Å². The Kier molecular flexibility index (Phi) is 6.38. The molecule has 3 aromatic rings. The Morgan fingerprint density at radius 2 is 1.75 bits per heavy atom. The summed E-state index contributed by atoms with van der Waals surface area (Å²) in [6.45, 7) is 9.51. The van der Waals surface area contributed by atoms with Gasteiger partial charge in [-0.15, -0.1) is 0 Å². The third-order valence-corrected chi connectivity index (χ3v) is 8.67. The van der Waals surface area contributed by atoms with Crippen molar-refractivity contribution in [3.05, 3.63) is 53.6 Å². The summed E-state index contributed by atoms with van der Waals surface area (Å²) in [7, 11) is -3.57. The molecule has 1 N–H and O–H groups in total. The van der Waals surface area contributed by atoms with E-state index in [0.29, 0.717) is 41.5 Å². The van der Waals surface area contributed by atoms with Crippen LogP contribution in [-0.2, 0) is 10.0 Å². The van der Waals surface area contributed by atoms with Crippen LogP contribution in [0.25, 0.3) is 10.2 Å². The number of sulfonamides is 1. The summed E-state index contributed by atoms with van der Waals surface area (Å²) in [4.78, 5) is 17.4. The molecule has 4 rings (SSSR count). The van der Waals surface area contributed by atoms with Gasteiger partial charge in [0.1, 0.15) is 0 Å². The largest absolute Gasteiger partial charge is 0.298 e. The smallest absolute Gasteiger partial charge is 0.257 e. The first kappa shape index (κ1) is 22.9. The number of fused-ring (bicyclic) bond motifs is 1. The van der Waals surface area contributed by atoms with Gasteiger partial charge in [-0.1, -0.05) is 45.1 Å². The molecule has 1 aromatic heterocycles. The van der Waals surface area contributed by atoms with Crippen LogP contribution in [0.3, 0.4) is 0 Å². The van der Waals surface area contributed by atoms with E-state index in [2.05, 4.69) is 50.1 Å². The third-order valence-electron chi connectivity index (χ3n) is 5.89. The number of benzene rings is 2. The number of hydrogen-bond acceptors (Lipinski definition) is 5. The van der Waals surface area contributed by atoms with Gasteiger partial charge < -0.3 is 0 Å². The lowest BCUT2D eigenvalue weighted by molar-refractivity contribution is 0.102. The van der Waals surface area contributed by atoms with Gasteiger partial charge in [0, 0.05) is 18.7 Å². The number of hydrogen-bond donors (Lipinski definition) is 1. The first-order chi connectivity index (χ1) is 15.1. The molecule has 2 aromatic carbocycles. The van der Waals surface area contributed by atoms with Crippen LogP contribution in [0.5, 0.6) is 0 Å². The van der Waals surface area contributed by atoms with E-state index < -0.39 is 10.0 Å². The van der Waals surface area contributed by atoms with E-state index in [1.54, 1.807) is 16.4 Å². The number of nitrogens with zero attached hydrogens (tertiary/aromatic N) is 2. The molecular weight excluding hydrogens is 442 g/mol. The topological polar surface area (TPSA) is 79.4 Å². The maximum atomic E-state index is 13.0. The molecule has 0 bridgehead atoms. The van der Waals surface area contributed by atoms with E-state index in [4.69, 9.17) is 0 Å². The molecule has 0 radical (unpaired) electrons. The second-order valence-electron chi connectivity index (χ2n) is 9.15. The van der Waals surface area contributed by atoms with Crippen LogP contribution in [-0.4, -0.2) is 36.7 Å². The lowest BCUT2D eigenvalue weighted by atomic mass is 9.94. The minimum atomic E-state index is -3.57. The molecule has 1 amide bonds. The Bertz CT molecular complexity index is 1220. The fraction of sp³-hybridized carbons (Fsp3) is 0.417. The van der Waals surface area contributed by atoms with Crippen LogP contribution < -0.4 is 5.32 Å². The Hall–Kier alpha value is -2.29. The van der Waals surface area contributed by atoms with Crippen LogP contribution in [0, 0.1) is 11.8 Å². The second kappa shape index (κ2) is 8.92. The van der Waals surface area contributed by atoms with E-state index in [1.165, 1.54) is 29.0 Å². The summed E-state index contributed by atoms with van der Waals surface area (Å²) in [5.74, 6) is 0.788. The molecule has 2 heterocycles. The number of nitrogens with one attached hydrogen (secondary N) is 1. The number of rotatable bonds is 5. The van der Waals surface area contributed by atoms with Crippen molar-refractivity contribution < 1.29 is 13.2 Å². The highest BCUT2D eigenvalue weighted by atomic mass is 32.2. The fourth-order valence-electron chi connectivity index (χ4n) is 4.25. The minimum absolute atomic E-state index is 0.219. The van der Waals surface area contributed by atoms with E-state index in [0.717, 1.165) is 16.6 Å². The Morgan fingerprint density at radius 1 is 1.09 bits per heavy atom. The standard InChI is InChI=1S/C24H29N3O3S2/c1-15(2)19-7-10-21-22(12-19)31-24(25-21)26-23(28)18-5-8-20(9-6-18)32(29,30)27-13-16(3)11-17(4)14-27/h5-10,12,15-17H,11,13-14H2,1-4H3,(H,25,26,28). The fourth-order valence-corrected chi connectivity index (χ4v) is 6.84. The average Bonchev–Trinajstić information content (AvgIpc) is 3.14. The predicted molar refractivity (Wildman–Crippen MR) is 130 cm³/mol. The van der Waals surface area contributed by atoms with E-state index in [9.17, 15) is 13.2 Å². The zero-order chi connectivity index (χ0) is 23.0. The molecule has 1 saturated heterocycles. The molecule has 2 unspecified atom stereocenters. The molecule has 0 spiro atoms. The average molecular weight is 472 g/mol. The monoisotopic (exact) mass is 471 g/mol. The molecule has 0 saturated carbocycles. The van der Waals surface area contributed by atoms with Crippen molar-refractivity contribution in [2.45, 2.75) is 44.9 Å². The van der Waals surface area contributed by atoms with E-state index in [1.807, 2.05) is 6.07 Å². The molecular formula is C24H29N3O3S2. The van der Waals surface area contributed by atoms with Crippen molar-refractivity contribution >= 4 is 42.6 Å². The number of carbonyl (C=O) groups is 1. The summed E-state index contributed by atoms with van der Waals surface area (Å²) >= 11 is 1.43. The normalized spacial score (nSPS) is 20.0. The van der Waals surface area contributed by atoms with Crippen molar-refractivity contribution in [1.29, 1.82) is 0 Å². The van der Waals surface area contributed by atoms with Gasteiger partial charge in [0.2, 0.25) is 10.0 Å². The molecule has 8 heteroatoms. The lowest BCUT2D eigenvalue weighted by Crippen LogP contribution is -2.42. The lowest BCUT2D eigenvalue weighted by Gasteiger charge is -2.34. The van der Waals surface area contributed by atoms with Gasteiger partial charge in [-0.05, 0) is 66.1 Å². The van der Waals surface area contributed by atoms with Gasteiger partial charge in [-0.25, -0.2) is 13.4 Å². The van der Waals surface area contributed by atoms with Crippen LogP contribution >= 0.6 is 11.3 Å². The highest BCUT2D eigenvalue weighted by Gasteiger charge is 2.31. The van der Waals surface area contributed by atoms with E-state index in [-0.39, 0.29) is 10.8 Å². The Balaban J connectivity index is 1.49. The summed E-state index contributed by atoms with van der Waals surface area (Å²) in [5.41, 5.74) is 2.47. The SMILES string of the molecule is CC1CC(C)CN(S(=O)(=O)c2ccc(C(=O)Nc3nc4ccc(C(C)C)cc4s3)cc2)C1. The maximum absolute atomic E-state index is 13.0. The summed E-state index contributed by atoms with van der Waals surface area (Å²) in [5, 5.41) is 3.36. The molecule has 0 aliphatic carbocycles. The van der Waals surface area contributed by atoms with Gasteiger partial charge in [0.25, 0.3) is 5.91 Å². The number of aromatic nitrogens is 1. The van der Waals surface area contributed by atoms with Crippen molar-refractivity contribution in [2.24, 2.45) is 11.8 Å². The quantitative estimate of drug-likeness (QED) is 0.545. The van der Waals surface area contributed by atoms with Crippen LogP contribution in [0.2, 0.25) is 0 Å². The maximum Gasteiger partial charge on any atom is 0.257 e. The minimum Gasteiger partial charge on any atom is -0.298 e. The summed E-state index contributed by atoms with van der Waals surface area (Å²) < 4.78 is 28.7. The van der Waals surface area contributed by atoms with Crippen molar-refractivity contribution in [3.63, 3.8) is 0 Å². The Morgan fingerprint density at radius 3 is 2.38 bits per heavy atom. The summed E-state index contributed by atoms with van der Waals surface area (Å²) in [6.07, 6.45) is 1.04. The van der Waals surface area contributed by atoms with Gasteiger partial charge in [-0.2, -0.15) is 4.31 Å². The van der Waals surface area contributed by atoms with Crippen molar-refractivity contribution in [3.8, 4) is 0 Å². The zero-order valence-corrected chi connectivity index (χ0v) is 20.5. The predicted octanol–water partition coefficient (Wildman–Crippen LogP) is 5.34. The second-order valence-corrected chi connectivity index (χ2v) is 12.1. The molecule has 1 aliphatic rings. The van der Waals surface area contributed by atoms with Gasteiger partial charge in [-0.3, -0.25) is 10.1 Å². The number of piperidine rings is 1. The molecule has 170 valence electrons. The van der Waals surface area contributed by atoms with Crippen molar-refractivity contribution in [2.75, 3.05) is 18.4 Å². The molecule has 32 heavy (non-hydrogen) atoms. The molecule has 2 atom stereocenters. The zero-order valence-electron chi connectivity index (χ0n) is 18.8. The first-order valence-corrected chi connectivity index (χ1v) is 13.2. The Labute approximate surface area is 193 Å².